The number of nitrogens with zero attached hydrogens (tertiary/aromatic N) is 2. The van der Waals surface area contributed by atoms with Gasteiger partial charge in [0.15, 0.2) is 0 Å². The number of fused-ring (bicyclic) bond motifs is 1. The molecule has 1 aromatic carbocycles. The molecule has 1 aliphatic heterocycles. The number of rotatable bonds is 3. The lowest BCUT2D eigenvalue weighted by molar-refractivity contribution is 0.0724. The van der Waals surface area contributed by atoms with Crippen molar-refractivity contribution < 1.29 is 5.11 Å². The molecular formula is C17H26N2O. The third-order valence-electron chi connectivity index (χ3n) is 5.18. The van der Waals surface area contributed by atoms with Crippen LogP contribution in [-0.2, 0) is 6.42 Å². The molecule has 0 radical (unpaired) electrons. The highest BCUT2D eigenvalue weighted by Gasteiger charge is 2.30. The normalized spacial score (nSPS) is 25.6. The molecule has 2 unspecified atom stereocenters. The van der Waals surface area contributed by atoms with Gasteiger partial charge in [-0.05, 0) is 49.4 Å². The summed E-state index contributed by atoms with van der Waals surface area (Å²) in [6.45, 7) is 9.35. The molecule has 0 aromatic heterocycles. The Morgan fingerprint density at radius 2 is 2.00 bits per heavy atom. The summed E-state index contributed by atoms with van der Waals surface area (Å²) in [5.74, 6) is 0.408. The summed E-state index contributed by atoms with van der Waals surface area (Å²) in [5, 5.41) is 9.60. The predicted molar refractivity (Wildman–Crippen MR) is 82.1 cm³/mol. The Hall–Kier alpha value is -1.06. The smallest absolute Gasteiger partial charge is 0.115 e. The Labute approximate surface area is 122 Å². The van der Waals surface area contributed by atoms with Gasteiger partial charge in [-0.25, -0.2) is 0 Å². The molecule has 1 aromatic rings. The predicted octanol–water partition coefficient (Wildman–Crippen LogP) is 2.80. The second-order valence-corrected chi connectivity index (χ2v) is 6.27. The number of phenols is 1. The van der Waals surface area contributed by atoms with Crippen LogP contribution in [0.3, 0.4) is 0 Å². The molecule has 110 valence electrons. The Morgan fingerprint density at radius 1 is 1.25 bits per heavy atom. The lowest BCUT2D eigenvalue weighted by Gasteiger charge is -2.40. The maximum absolute atomic E-state index is 9.60. The highest BCUT2D eigenvalue weighted by Crippen LogP contribution is 2.37. The van der Waals surface area contributed by atoms with Gasteiger partial charge in [0.2, 0.25) is 0 Å². The molecule has 0 amide bonds. The minimum atomic E-state index is 0.408. The lowest BCUT2D eigenvalue weighted by atomic mass is 10.1. The molecule has 1 fully saturated rings. The van der Waals surface area contributed by atoms with E-state index in [0.717, 1.165) is 6.42 Å². The Kier molecular flexibility index (Phi) is 3.99. The third-order valence-corrected chi connectivity index (χ3v) is 5.18. The summed E-state index contributed by atoms with van der Waals surface area (Å²) in [6, 6.07) is 7.20. The van der Waals surface area contributed by atoms with Gasteiger partial charge in [-0.2, -0.15) is 0 Å². The average Bonchev–Trinajstić information content (AvgIpc) is 2.89. The van der Waals surface area contributed by atoms with Crippen molar-refractivity contribution >= 4 is 0 Å². The first kappa shape index (κ1) is 13.9. The van der Waals surface area contributed by atoms with E-state index in [2.05, 4.69) is 29.7 Å². The number of hydrogen-bond donors (Lipinski definition) is 1. The summed E-state index contributed by atoms with van der Waals surface area (Å²) in [4.78, 5) is 5.25. The van der Waals surface area contributed by atoms with Crippen molar-refractivity contribution in [3.8, 4) is 5.75 Å². The highest BCUT2D eigenvalue weighted by molar-refractivity contribution is 5.40. The molecule has 2 aliphatic rings. The molecule has 1 heterocycles. The lowest BCUT2D eigenvalue weighted by Crippen LogP contribution is -2.50. The van der Waals surface area contributed by atoms with Crippen molar-refractivity contribution in [3.05, 3.63) is 29.3 Å². The second kappa shape index (κ2) is 5.74. The number of aromatic hydroxyl groups is 1. The van der Waals surface area contributed by atoms with Gasteiger partial charge < -0.3 is 5.11 Å². The highest BCUT2D eigenvalue weighted by atomic mass is 16.3. The molecular weight excluding hydrogens is 248 g/mol. The molecule has 0 bridgehead atoms. The van der Waals surface area contributed by atoms with Crippen LogP contribution in [0.15, 0.2) is 18.2 Å². The van der Waals surface area contributed by atoms with Gasteiger partial charge in [0.1, 0.15) is 5.75 Å². The molecule has 3 nitrogen and oxygen atoms in total. The number of piperazine rings is 1. The summed E-state index contributed by atoms with van der Waals surface area (Å²) in [6.07, 6.45) is 3.56. The minimum absolute atomic E-state index is 0.408. The number of benzene rings is 1. The SMILES string of the molecule is CCC(C)N1CCN(C2CCc3cc(O)ccc32)CC1. The van der Waals surface area contributed by atoms with Crippen LogP contribution in [0.4, 0.5) is 0 Å². The van der Waals surface area contributed by atoms with E-state index in [0.29, 0.717) is 17.8 Å². The van der Waals surface area contributed by atoms with Crippen LogP contribution < -0.4 is 0 Å². The molecule has 0 saturated carbocycles. The van der Waals surface area contributed by atoms with E-state index < -0.39 is 0 Å². The first-order chi connectivity index (χ1) is 9.69. The average molecular weight is 274 g/mol. The van der Waals surface area contributed by atoms with Crippen molar-refractivity contribution in [1.82, 2.24) is 9.80 Å². The van der Waals surface area contributed by atoms with Crippen LogP contribution in [0, 0.1) is 0 Å². The van der Waals surface area contributed by atoms with Gasteiger partial charge in [0.05, 0.1) is 0 Å². The molecule has 2 atom stereocenters. The van der Waals surface area contributed by atoms with E-state index in [4.69, 9.17) is 0 Å². The quantitative estimate of drug-likeness (QED) is 0.918. The Morgan fingerprint density at radius 3 is 2.70 bits per heavy atom. The Balaban J connectivity index is 1.66. The molecule has 3 heteroatoms. The zero-order valence-electron chi connectivity index (χ0n) is 12.7. The van der Waals surface area contributed by atoms with Crippen LogP contribution in [-0.4, -0.2) is 47.1 Å². The maximum Gasteiger partial charge on any atom is 0.115 e. The second-order valence-electron chi connectivity index (χ2n) is 6.27. The summed E-state index contributed by atoms with van der Waals surface area (Å²) in [5.41, 5.74) is 2.79. The monoisotopic (exact) mass is 274 g/mol. The molecule has 3 rings (SSSR count). The Bertz CT molecular complexity index is 466. The fourth-order valence-electron chi connectivity index (χ4n) is 3.71. The summed E-state index contributed by atoms with van der Waals surface area (Å²) in [7, 11) is 0. The van der Waals surface area contributed by atoms with Crippen molar-refractivity contribution in [2.45, 2.75) is 45.2 Å². The molecule has 1 saturated heterocycles. The largest absolute Gasteiger partial charge is 0.508 e. The van der Waals surface area contributed by atoms with Gasteiger partial charge in [0.25, 0.3) is 0 Å². The fraction of sp³-hybridized carbons (Fsp3) is 0.647. The first-order valence-electron chi connectivity index (χ1n) is 7.99. The van der Waals surface area contributed by atoms with Gasteiger partial charge >= 0.3 is 0 Å². The standard InChI is InChI=1S/C17H26N2O/c1-3-13(2)18-8-10-19(11-9-18)17-7-4-14-12-15(20)5-6-16(14)17/h5-6,12-13,17,20H,3-4,7-11H2,1-2H3. The van der Waals surface area contributed by atoms with Gasteiger partial charge in [-0.3, -0.25) is 9.80 Å². The summed E-state index contributed by atoms with van der Waals surface area (Å²) >= 11 is 0. The van der Waals surface area contributed by atoms with Crippen LogP contribution in [0.25, 0.3) is 0 Å². The van der Waals surface area contributed by atoms with Crippen molar-refractivity contribution in [2.24, 2.45) is 0 Å². The number of aryl methyl sites for hydroxylation is 1. The van der Waals surface area contributed by atoms with E-state index >= 15 is 0 Å². The third kappa shape index (κ3) is 2.57. The van der Waals surface area contributed by atoms with Gasteiger partial charge in [0, 0.05) is 38.3 Å². The van der Waals surface area contributed by atoms with Crippen LogP contribution in [0.5, 0.6) is 5.75 Å². The van der Waals surface area contributed by atoms with Crippen LogP contribution in [0.1, 0.15) is 43.9 Å². The van der Waals surface area contributed by atoms with E-state index in [9.17, 15) is 5.11 Å². The first-order valence-corrected chi connectivity index (χ1v) is 7.99. The van der Waals surface area contributed by atoms with Crippen molar-refractivity contribution in [3.63, 3.8) is 0 Å². The van der Waals surface area contributed by atoms with E-state index in [1.807, 2.05) is 12.1 Å². The maximum atomic E-state index is 9.60. The minimum Gasteiger partial charge on any atom is -0.508 e. The summed E-state index contributed by atoms with van der Waals surface area (Å²) < 4.78 is 0. The van der Waals surface area contributed by atoms with Crippen molar-refractivity contribution in [2.75, 3.05) is 26.2 Å². The van der Waals surface area contributed by atoms with Gasteiger partial charge in [-0.1, -0.05) is 13.0 Å². The van der Waals surface area contributed by atoms with E-state index in [1.54, 1.807) is 0 Å². The fourth-order valence-corrected chi connectivity index (χ4v) is 3.71. The van der Waals surface area contributed by atoms with Crippen molar-refractivity contribution in [1.29, 1.82) is 0 Å². The number of phenolic OH excluding ortho intramolecular Hbond substituents is 1. The zero-order chi connectivity index (χ0) is 14.1. The molecule has 20 heavy (non-hydrogen) atoms. The van der Waals surface area contributed by atoms with Crippen LogP contribution >= 0.6 is 0 Å². The van der Waals surface area contributed by atoms with E-state index in [-0.39, 0.29) is 0 Å². The topological polar surface area (TPSA) is 26.7 Å². The molecule has 1 aliphatic carbocycles. The molecule has 0 spiro atoms. The van der Waals surface area contributed by atoms with Gasteiger partial charge in [-0.15, -0.1) is 0 Å². The zero-order valence-corrected chi connectivity index (χ0v) is 12.7. The van der Waals surface area contributed by atoms with Crippen LogP contribution in [0.2, 0.25) is 0 Å². The molecule has 1 N–H and O–H groups in total. The van der Waals surface area contributed by atoms with E-state index in [1.165, 1.54) is 50.1 Å². The number of hydrogen-bond acceptors (Lipinski definition) is 3.